The van der Waals surface area contributed by atoms with Crippen LogP contribution in [0, 0.1) is 0 Å². The second-order valence-electron chi connectivity index (χ2n) is 3.95. The van der Waals surface area contributed by atoms with Gasteiger partial charge in [0.1, 0.15) is 0 Å². The Kier molecular flexibility index (Phi) is 5.33. The molecule has 1 rings (SSSR count). The average Bonchev–Trinajstić information content (AvgIpc) is 2.33. The highest BCUT2D eigenvalue weighted by Crippen LogP contribution is 2.20. The topological polar surface area (TPSA) is 41.0 Å². The molecule has 0 aliphatic carbocycles. The molecule has 1 aromatic rings. The van der Waals surface area contributed by atoms with Gasteiger partial charge < -0.3 is 10.2 Å². The van der Waals surface area contributed by atoms with E-state index in [0.717, 1.165) is 12.2 Å². The van der Waals surface area contributed by atoms with Crippen LogP contribution in [-0.2, 0) is 6.54 Å². The highest BCUT2D eigenvalue weighted by Gasteiger charge is 2.27. The SMILES string of the molecule is CCNCc1ccc(N(C)CCC(F)(F)F)nn1. The molecule has 0 atom stereocenters. The first-order valence-corrected chi connectivity index (χ1v) is 5.73. The molecule has 4 nitrogen and oxygen atoms in total. The lowest BCUT2D eigenvalue weighted by molar-refractivity contribution is -0.132. The van der Waals surface area contributed by atoms with Gasteiger partial charge in [-0.25, -0.2) is 0 Å². The van der Waals surface area contributed by atoms with Gasteiger partial charge in [-0.05, 0) is 18.7 Å². The fraction of sp³-hybridized carbons (Fsp3) is 0.636. The van der Waals surface area contributed by atoms with Crippen molar-refractivity contribution in [1.29, 1.82) is 0 Å². The fourth-order valence-electron chi connectivity index (χ4n) is 1.31. The lowest BCUT2D eigenvalue weighted by atomic mass is 10.3. The van der Waals surface area contributed by atoms with Crippen molar-refractivity contribution in [2.75, 3.05) is 25.0 Å². The van der Waals surface area contributed by atoms with Gasteiger partial charge in [-0.15, -0.1) is 5.10 Å². The zero-order chi connectivity index (χ0) is 13.6. The quantitative estimate of drug-likeness (QED) is 0.851. The number of aromatic nitrogens is 2. The van der Waals surface area contributed by atoms with Crippen molar-refractivity contribution >= 4 is 5.82 Å². The number of halogens is 3. The first-order chi connectivity index (χ1) is 8.42. The second-order valence-corrected chi connectivity index (χ2v) is 3.95. The summed E-state index contributed by atoms with van der Waals surface area (Å²) in [5.41, 5.74) is 0.768. The molecule has 0 aliphatic heterocycles. The summed E-state index contributed by atoms with van der Waals surface area (Å²) >= 11 is 0. The van der Waals surface area contributed by atoms with Crippen LogP contribution in [0.15, 0.2) is 12.1 Å². The Morgan fingerprint density at radius 3 is 2.50 bits per heavy atom. The van der Waals surface area contributed by atoms with Crippen LogP contribution in [0.1, 0.15) is 19.0 Å². The number of rotatable bonds is 6. The summed E-state index contributed by atoms with van der Waals surface area (Å²) in [4.78, 5) is 1.44. The van der Waals surface area contributed by atoms with E-state index in [1.807, 2.05) is 6.92 Å². The molecule has 0 saturated carbocycles. The molecule has 18 heavy (non-hydrogen) atoms. The van der Waals surface area contributed by atoms with Crippen LogP contribution in [0.2, 0.25) is 0 Å². The lowest BCUT2D eigenvalue weighted by Gasteiger charge is -2.18. The molecule has 0 amide bonds. The van der Waals surface area contributed by atoms with E-state index in [0.29, 0.717) is 12.4 Å². The van der Waals surface area contributed by atoms with Crippen LogP contribution in [0.5, 0.6) is 0 Å². The molecular weight excluding hydrogens is 245 g/mol. The molecule has 102 valence electrons. The number of hydrogen-bond acceptors (Lipinski definition) is 4. The summed E-state index contributed by atoms with van der Waals surface area (Å²) in [6.45, 7) is 3.29. The minimum absolute atomic E-state index is 0.120. The van der Waals surface area contributed by atoms with Crippen LogP contribution >= 0.6 is 0 Å². The maximum absolute atomic E-state index is 12.1. The molecule has 0 unspecified atom stereocenters. The third-order valence-corrected chi connectivity index (χ3v) is 2.38. The summed E-state index contributed by atoms with van der Waals surface area (Å²) in [5.74, 6) is 0.444. The molecule has 0 spiro atoms. The standard InChI is InChI=1S/C11H17F3N4/c1-3-15-8-9-4-5-10(17-16-9)18(2)7-6-11(12,13)14/h4-5,15H,3,6-8H2,1-2H3. The van der Waals surface area contributed by atoms with Crippen molar-refractivity contribution in [1.82, 2.24) is 15.5 Å². The van der Waals surface area contributed by atoms with E-state index in [9.17, 15) is 13.2 Å². The predicted molar refractivity (Wildman–Crippen MR) is 63.4 cm³/mol. The highest BCUT2D eigenvalue weighted by atomic mass is 19.4. The first kappa shape index (κ1) is 14.7. The Bertz CT molecular complexity index is 350. The van der Waals surface area contributed by atoms with Gasteiger partial charge >= 0.3 is 6.18 Å². The van der Waals surface area contributed by atoms with Crippen molar-refractivity contribution in [3.8, 4) is 0 Å². The minimum atomic E-state index is -4.15. The van der Waals surface area contributed by atoms with E-state index < -0.39 is 12.6 Å². The van der Waals surface area contributed by atoms with Crippen LogP contribution in [-0.4, -0.2) is 36.5 Å². The molecule has 1 heterocycles. The summed E-state index contributed by atoms with van der Waals surface area (Å²) in [5, 5.41) is 10.9. The molecule has 0 aliphatic rings. The molecule has 1 aromatic heterocycles. The Balaban J connectivity index is 2.51. The number of nitrogens with zero attached hydrogens (tertiary/aromatic N) is 3. The van der Waals surface area contributed by atoms with Gasteiger partial charge in [0.2, 0.25) is 0 Å². The molecule has 7 heteroatoms. The summed E-state index contributed by atoms with van der Waals surface area (Å²) < 4.78 is 36.2. The van der Waals surface area contributed by atoms with Gasteiger partial charge in [0, 0.05) is 20.1 Å². The zero-order valence-corrected chi connectivity index (χ0v) is 10.5. The molecule has 1 N–H and O–H groups in total. The maximum atomic E-state index is 12.1. The third kappa shape index (κ3) is 5.31. The fourth-order valence-corrected chi connectivity index (χ4v) is 1.31. The number of nitrogens with one attached hydrogen (secondary N) is 1. The Morgan fingerprint density at radius 2 is 2.00 bits per heavy atom. The smallest absolute Gasteiger partial charge is 0.358 e. The number of anilines is 1. The van der Waals surface area contributed by atoms with Crippen molar-refractivity contribution in [2.24, 2.45) is 0 Å². The maximum Gasteiger partial charge on any atom is 0.390 e. The highest BCUT2D eigenvalue weighted by molar-refractivity contribution is 5.35. The molecule has 0 saturated heterocycles. The van der Waals surface area contributed by atoms with Crippen LogP contribution in [0.25, 0.3) is 0 Å². The monoisotopic (exact) mass is 262 g/mol. The molecular formula is C11H17F3N4. The Morgan fingerprint density at radius 1 is 1.28 bits per heavy atom. The summed E-state index contributed by atoms with van der Waals surface area (Å²) in [6, 6.07) is 3.44. The Labute approximate surface area is 104 Å². The number of hydrogen-bond donors (Lipinski definition) is 1. The van der Waals surface area contributed by atoms with Crippen molar-refractivity contribution in [3.63, 3.8) is 0 Å². The molecule has 0 aromatic carbocycles. The molecule has 0 bridgehead atoms. The van der Waals surface area contributed by atoms with Gasteiger partial charge in [0.05, 0.1) is 12.1 Å². The van der Waals surface area contributed by atoms with Gasteiger partial charge in [0.25, 0.3) is 0 Å². The van der Waals surface area contributed by atoms with Crippen molar-refractivity contribution in [3.05, 3.63) is 17.8 Å². The zero-order valence-electron chi connectivity index (χ0n) is 10.5. The number of alkyl halides is 3. The van der Waals surface area contributed by atoms with Gasteiger partial charge in [-0.2, -0.15) is 18.3 Å². The third-order valence-electron chi connectivity index (χ3n) is 2.38. The van der Waals surface area contributed by atoms with E-state index >= 15 is 0 Å². The van der Waals surface area contributed by atoms with Gasteiger partial charge in [-0.3, -0.25) is 0 Å². The summed E-state index contributed by atoms with van der Waals surface area (Å²) in [7, 11) is 1.57. The van der Waals surface area contributed by atoms with E-state index in [1.165, 1.54) is 4.90 Å². The minimum Gasteiger partial charge on any atom is -0.358 e. The average molecular weight is 262 g/mol. The molecule has 0 radical (unpaired) electrons. The normalized spacial score (nSPS) is 11.6. The first-order valence-electron chi connectivity index (χ1n) is 5.73. The van der Waals surface area contributed by atoms with Crippen molar-refractivity contribution < 1.29 is 13.2 Å². The van der Waals surface area contributed by atoms with E-state index in [2.05, 4.69) is 15.5 Å². The van der Waals surface area contributed by atoms with E-state index in [1.54, 1.807) is 19.2 Å². The Hall–Kier alpha value is -1.37. The molecule has 0 fully saturated rings. The van der Waals surface area contributed by atoms with Crippen LogP contribution < -0.4 is 10.2 Å². The van der Waals surface area contributed by atoms with E-state index in [-0.39, 0.29) is 6.54 Å². The van der Waals surface area contributed by atoms with E-state index in [4.69, 9.17) is 0 Å². The lowest BCUT2D eigenvalue weighted by Crippen LogP contribution is -2.25. The predicted octanol–water partition coefficient (Wildman–Crippen LogP) is 1.97. The van der Waals surface area contributed by atoms with Crippen LogP contribution in [0.3, 0.4) is 0 Å². The van der Waals surface area contributed by atoms with Crippen molar-refractivity contribution in [2.45, 2.75) is 26.1 Å². The summed E-state index contributed by atoms with van der Waals surface area (Å²) in [6.07, 6.45) is -5.00. The second kappa shape index (κ2) is 6.53. The van der Waals surface area contributed by atoms with Crippen LogP contribution in [0.4, 0.5) is 19.0 Å². The largest absolute Gasteiger partial charge is 0.390 e. The van der Waals surface area contributed by atoms with Gasteiger partial charge in [0.15, 0.2) is 5.82 Å². The van der Waals surface area contributed by atoms with Gasteiger partial charge in [-0.1, -0.05) is 6.92 Å².